The third-order valence-corrected chi connectivity index (χ3v) is 6.85. The van der Waals surface area contributed by atoms with E-state index in [1.54, 1.807) is 6.07 Å². The zero-order chi connectivity index (χ0) is 22.8. The molecule has 1 aliphatic carbocycles. The van der Waals surface area contributed by atoms with Crippen LogP contribution in [0.1, 0.15) is 43.4 Å². The van der Waals surface area contributed by atoms with Crippen LogP contribution in [0.5, 0.6) is 5.75 Å². The van der Waals surface area contributed by atoms with Gasteiger partial charge >= 0.3 is 0 Å². The molecule has 33 heavy (non-hydrogen) atoms. The fraction of sp³-hybridized carbons (Fsp3) is 0.538. The maximum absolute atomic E-state index is 13.4. The van der Waals surface area contributed by atoms with Gasteiger partial charge in [0.2, 0.25) is 5.95 Å². The highest BCUT2D eigenvalue weighted by Gasteiger charge is 2.25. The lowest BCUT2D eigenvalue weighted by molar-refractivity contribution is 0.289. The van der Waals surface area contributed by atoms with Crippen molar-refractivity contribution in [3.63, 3.8) is 0 Å². The molecule has 1 saturated carbocycles. The lowest BCUT2D eigenvalue weighted by Gasteiger charge is -2.32. The number of piperidine rings is 1. The standard InChI is InChI=1S/C26H33FN4O2/c1-30(2)16-21-23(32-17-19-6-7-19)11-9-20-22(29-33-26(20)21)10-8-18-12-14-31(15-13-18)25-5-3-4-24(27)28-25/h3-5,9,11,18-19H,6-8,10,12-17H2,1-2H3. The number of pyridine rings is 1. The van der Waals surface area contributed by atoms with E-state index in [9.17, 15) is 4.39 Å². The Hall–Kier alpha value is -2.67. The van der Waals surface area contributed by atoms with Crippen LogP contribution in [-0.2, 0) is 13.0 Å². The third-order valence-electron chi connectivity index (χ3n) is 6.85. The number of aromatic nitrogens is 2. The van der Waals surface area contributed by atoms with Crippen LogP contribution in [-0.4, -0.2) is 48.8 Å². The lowest BCUT2D eigenvalue weighted by atomic mass is 9.91. The van der Waals surface area contributed by atoms with E-state index in [1.165, 1.54) is 18.9 Å². The maximum atomic E-state index is 13.4. The van der Waals surface area contributed by atoms with Crippen molar-refractivity contribution in [3.8, 4) is 5.75 Å². The van der Waals surface area contributed by atoms with Crippen molar-refractivity contribution in [2.24, 2.45) is 11.8 Å². The predicted molar refractivity (Wildman–Crippen MR) is 127 cm³/mol. The van der Waals surface area contributed by atoms with Gasteiger partial charge in [0, 0.05) is 25.0 Å². The Bertz CT molecular complexity index is 1090. The van der Waals surface area contributed by atoms with Gasteiger partial charge in [0.15, 0.2) is 5.58 Å². The second-order valence-electron chi connectivity index (χ2n) is 9.83. The summed E-state index contributed by atoms with van der Waals surface area (Å²) < 4.78 is 25.4. The fourth-order valence-corrected chi connectivity index (χ4v) is 4.73. The number of halogens is 1. The highest BCUT2D eigenvalue weighted by Crippen LogP contribution is 2.35. The number of aryl methyl sites for hydroxylation is 1. The number of rotatable bonds is 9. The van der Waals surface area contributed by atoms with Crippen LogP contribution in [0.4, 0.5) is 10.2 Å². The number of ether oxygens (including phenoxy) is 1. The zero-order valence-corrected chi connectivity index (χ0v) is 19.6. The summed E-state index contributed by atoms with van der Waals surface area (Å²) in [5, 5.41) is 5.56. The van der Waals surface area contributed by atoms with Crippen molar-refractivity contribution < 1.29 is 13.7 Å². The number of nitrogens with zero attached hydrogens (tertiary/aromatic N) is 4. The molecule has 0 radical (unpaired) electrons. The smallest absolute Gasteiger partial charge is 0.214 e. The summed E-state index contributed by atoms with van der Waals surface area (Å²) >= 11 is 0. The first-order chi connectivity index (χ1) is 16.1. The molecule has 2 aromatic heterocycles. The first kappa shape index (κ1) is 22.1. The summed E-state index contributed by atoms with van der Waals surface area (Å²) in [5.41, 5.74) is 2.99. The number of benzene rings is 1. The minimum absolute atomic E-state index is 0.415. The van der Waals surface area contributed by atoms with Gasteiger partial charge in [-0.3, -0.25) is 0 Å². The molecular weight excluding hydrogens is 419 g/mol. The Kier molecular flexibility index (Phi) is 6.49. The van der Waals surface area contributed by atoms with Gasteiger partial charge in [0.1, 0.15) is 11.6 Å². The van der Waals surface area contributed by atoms with E-state index in [-0.39, 0.29) is 0 Å². The van der Waals surface area contributed by atoms with Gasteiger partial charge in [0.05, 0.1) is 17.9 Å². The van der Waals surface area contributed by atoms with Crippen LogP contribution >= 0.6 is 0 Å². The quantitative estimate of drug-likeness (QED) is 0.423. The molecule has 1 aromatic carbocycles. The monoisotopic (exact) mass is 452 g/mol. The summed E-state index contributed by atoms with van der Waals surface area (Å²) in [5.74, 6) is 2.58. The molecule has 6 nitrogen and oxygen atoms in total. The van der Waals surface area contributed by atoms with Crippen molar-refractivity contribution in [1.29, 1.82) is 0 Å². The number of hydrogen-bond donors (Lipinski definition) is 0. The van der Waals surface area contributed by atoms with Gasteiger partial charge < -0.3 is 19.1 Å². The molecule has 0 bridgehead atoms. The fourth-order valence-electron chi connectivity index (χ4n) is 4.73. The molecule has 0 unspecified atom stereocenters. The van der Waals surface area contributed by atoms with Crippen LogP contribution in [0.25, 0.3) is 11.0 Å². The molecule has 0 amide bonds. The van der Waals surface area contributed by atoms with Crippen LogP contribution in [0.3, 0.4) is 0 Å². The van der Waals surface area contributed by atoms with Gasteiger partial charge in [-0.05, 0) is 88.7 Å². The third kappa shape index (κ3) is 5.29. The van der Waals surface area contributed by atoms with Gasteiger partial charge in [-0.2, -0.15) is 4.39 Å². The van der Waals surface area contributed by atoms with Crippen molar-refractivity contribution in [1.82, 2.24) is 15.0 Å². The van der Waals surface area contributed by atoms with Crippen molar-refractivity contribution in [3.05, 3.63) is 47.5 Å². The van der Waals surface area contributed by atoms with Gasteiger partial charge in [-0.25, -0.2) is 4.98 Å². The SMILES string of the molecule is CN(C)Cc1c(OCC2CC2)ccc2c(CCC3CCN(c4cccc(F)n4)CC3)noc12. The molecule has 176 valence electrons. The van der Waals surface area contributed by atoms with E-state index >= 15 is 0 Å². The molecule has 0 atom stereocenters. The molecule has 1 aliphatic heterocycles. The number of hydrogen-bond acceptors (Lipinski definition) is 6. The minimum Gasteiger partial charge on any atom is -0.493 e. The van der Waals surface area contributed by atoms with Crippen molar-refractivity contribution >= 4 is 16.8 Å². The largest absolute Gasteiger partial charge is 0.493 e. The molecule has 3 aromatic rings. The molecule has 5 rings (SSSR count). The van der Waals surface area contributed by atoms with Crippen LogP contribution in [0, 0.1) is 17.8 Å². The molecule has 2 aliphatic rings. The second kappa shape index (κ2) is 9.67. The molecular formula is C26H33FN4O2. The first-order valence-electron chi connectivity index (χ1n) is 12.1. The van der Waals surface area contributed by atoms with Gasteiger partial charge in [-0.15, -0.1) is 0 Å². The van der Waals surface area contributed by atoms with E-state index in [0.717, 1.165) is 85.7 Å². The van der Waals surface area contributed by atoms with E-state index < -0.39 is 5.95 Å². The Balaban J connectivity index is 1.23. The maximum Gasteiger partial charge on any atom is 0.214 e. The molecule has 1 saturated heterocycles. The van der Waals surface area contributed by atoms with Crippen molar-refractivity contribution in [2.75, 3.05) is 38.7 Å². The average Bonchev–Trinajstić information content (AvgIpc) is 3.55. The van der Waals surface area contributed by atoms with Crippen LogP contribution < -0.4 is 9.64 Å². The summed E-state index contributed by atoms with van der Waals surface area (Å²) in [6.07, 6.45) is 6.69. The van der Waals surface area contributed by atoms with E-state index in [4.69, 9.17) is 9.26 Å². The normalized spacial score (nSPS) is 17.3. The second-order valence-corrected chi connectivity index (χ2v) is 9.83. The van der Waals surface area contributed by atoms with E-state index in [0.29, 0.717) is 11.8 Å². The highest BCUT2D eigenvalue weighted by atomic mass is 19.1. The first-order valence-corrected chi connectivity index (χ1v) is 12.1. The molecule has 2 fully saturated rings. The average molecular weight is 453 g/mol. The summed E-state index contributed by atoms with van der Waals surface area (Å²) in [6, 6.07) is 9.21. The Morgan fingerprint density at radius 2 is 1.91 bits per heavy atom. The number of fused-ring (bicyclic) bond motifs is 1. The number of anilines is 1. The molecule has 7 heteroatoms. The topological polar surface area (TPSA) is 54.6 Å². The Labute approximate surface area is 194 Å². The van der Waals surface area contributed by atoms with E-state index in [2.05, 4.69) is 46.2 Å². The van der Waals surface area contributed by atoms with Gasteiger partial charge in [0.25, 0.3) is 0 Å². The van der Waals surface area contributed by atoms with E-state index in [1.807, 2.05) is 6.07 Å². The Morgan fingerprint density at radius 1 is 1.09 bits per heavy atom. The van der Waals surface area contributed by atoms with Crippen LogP contribution in [0.2, 0.25) is 0 Å². The summed E-state index contributed by atoms with van der Waals surface area (Å²) in [6.45, 7) is 3.38. The van der Waals surface area contributed by atoms with Crippen LogP contribution in [0.15, 0.2) is 34.9 Å². The molecule has 0 N–H and O–H groups in total. The Morgan fingerprint density at radius 3 is 2.64 bits per heavy atom. The van der Waals surface area contributed by atoms with Crippen molar-refractivity contribution in [2.45, 2.75) is 45.1 Å². The predicted octanol–water partition coefficient (Wildman–Crippen LogP) is 5.06. The lowest BCUT2D eigenvalue weighted by Crippen LogP contribution is -2.34. The van der Waals surface area contributed by atoms with Gasteiger partial charge in [-0.1, -0.05) is 11.2 Å². The summed E-state index contributed by atoms with van der Waals surface area (Å²) in [4.78, 5) is 8.35. The highest BCUT2D eigenvalue weighted by molar-refractivity contribution is 5.84. The molecule has 0 spiro atoms. The minimum atomic E-state index is -0.415. The molecule has 3 heterocycles. The summed E-state index contributed by atoms with van der Waals surface area (Å²) in [7, 11) is 4.12. The zero-order valence-electron chi connectivity index (χ0n) is 19.6.